The van der Waals surface area contributed by atoms with E-state index in [4.69, 9.17) is 0 Å². The lowest BCUT2D eigenvalue weighted by atomic mass is 10.2. The van der Waals surface area contributed by atoms with Gasteiger partial charge in [-0.25, -0.2) is 9.89 Å². The average molecular weight is 222 g/mol. The molecule has 3 N–H and O–H groups in total. The Kier molecular flexibility index (Phi) is 3.19. The largest absolute Gasteiger partial charge is 0.364 e. The van der Waals surface area contributed by atoms with Crippen molar-refractivity contribution in [3.05, 3.63) is 32.5 Å². The van der Waals surface area contributed by atoms with Gasteiger partial charge in [-0.05, 0) is 25.7 Å². The number of aromatic nitrogens is 3. The molecule has 0 aliphatic heterocycles. The van der Waals surface area contributed by atoms with E-state index in [1.54, 1.807) is 0 Å². The number of nitrogens with one attached hydrogen (secondary N) is 3. The highest BCUT2D eigenvalue weighted by atomic mass is 16.2. The quantitative estimate of drug-likeness (QED) is 0.642. The van der Waals surface area contributed by atoms with Gasteiger partial charge in [0.1, 0.15) is 0 Å². The topological polar surface area (TPSA) is 90.6 Å². The van der Waals surface area contributed by atoms with Crippen molar-refractivity contribution in [1.29, 1.82) is 0 Å². The Balaban J connectivity index is 1.89. The van der Waals surface area contributed by atoms with E-state index >= 15 is 0 Å². The second-order valence-corrected chi connectivity index (χ2v) is 3.79. The number of allylic oxidation sites excluding steroid dienone is 1. The number of anilines is 1. The van der Waals surface area contributed by atoms with Crippen molar-refractivity contribution in [3.63, 3.8) is 0 Å². The number of H-pyrrole nitrogens is 2. The smallest absolute Gasteiger partial charge is 0.342 e. The van der Waals surface area contributed by atoms with Gasteiger partial charge in [-0.3, -0.25) is 9.78 Å². The van der Waals surface area contributed by atoms with Crippen molar-refractivity contribution in [2.45, 2.75) is 25.7 Å². The van der Waals surface area contributed by atoms with E-state index in [-0.39, 0.29) is 5.82 Å². The molecule has 86 valence electrons. The summed E-state index contributed by atoms with van der Waals surface area (Å²) in [4.78, 5) is 24.1. The monoisotopic (exact) mass is 222 g/mol. The standard InChI is InChI=1S/C10H14N4O2/c15-9-8(13-14-10(16)12-9)11-6-5-7-3-1-2-4-7/h3H,1-2,4-6H2,(H,11,13)(H2,12,14,15,16). The fourth-order valence-corrected chi connectivity index (χ4v) is 1.77. The Morgan fingerprint density at radius 2 is 2.31 bits per heavy atom. The molecule has 0 amide bonds. The van der Waals surface area contributed by atoms with Gasteiger partial charge in [0.2, 0.25) is 5.82 Å². The summed E-state index contributed by atoms with van der Waals surface area (Å²) in [5.41, 5.74) is 0.353. The first-order chi connectivity index (χ1) is 7.75. The van der Waals surface area contributed by atoms with Gasteiger partial charge in [0.05, 0.1) is 0 Å². The van der Waals surface area contributed by atoms with Gasteiger partial charge in [0.15, 0.2) is 0 Å². The molecule has 0 bridgehead atoms. The van der Waals surface area contributed by atoms with Gasteiger partial charge < -0.3 is 5.32 Å². The third kappa shape index (κ3) is 2.59. The van der Waals surface area contributed by atoms with Gasteiger partial charge >= 0.3 is 5.69 Å². The van der Waals surface area contributed by atoms with Crippen LogP contribution in [0.15, 0.2) is 21.2 Å². The van der Waals surface area contributed by atoms with Crippen LogP contribution in [0.5, 0.6) is 0 Å². The molecule has 0 radical (unpaired) electrons. The molecule has 0 fully saturated rings. The number of nitrogens with zero attached hydrogens (tertiary/aromatic N) is 1. The first-order valence-corrected chi connectivity index (χ1v) is 5.36. The van der Waals surface area contributed by atoms with Crippen LogP contribution in [0.2, 0.25) is 0 Å². The van der Waals surface area contributed by atoms with E-state index in [9.17, 15) is 9.59 Å². The first-order valence-electron chi connectivity index (χ1n) is 5.36. The molecule has 0 spiro atoms. The molecule has 6 nitrogen and oxygen atoms in total. The predicted octanol–water partition coefficient (Wildman–Crippen LogP) is 0.370. The Morgan fingerprint density at radius 1 is 1.44 bits per heavy atom. The Hall–Kier alpha value is -1.85. The molecule has 0 saturated heterocycles. The molecule has 1 aromatic heterocycles. The Morgan fingerprint density at radius 3 is 3.00 bits per heavy atom. The van der Waals surface area contributed by atoms with E-state index in [2.05, 4.69) is 26.6 Å². The van der Waals surface area contributed by atoms with E-state index in [1.165, 1.54) is 12.0 Å². The van der Waals surface area contributed by atoms with Crippen LogP contribution < -0.4 is 16.6 Å². The summed E-state index contributed by atoms with van der Waals surface area (Å²) in [6, 6.07) is 0. The van der Waals surface area contributed by atoms with E-state index in [0.29, 0.717) is 6.54 Å². The molecule has 0 atom stereocenters. The minimum Gasteiger partial charge on any atom is -0.364 e. The normalized spacial score (nSPS) is 14.9. The highest BCUT2D eigenvalue weighted by Gasteiger charge is 2.05. The van der Waals surface area contributed by atoms with Crippen LogP contribution in [0, 0.1) is 0 Å². The minimum absolute atomic E-state index is 0.165. The summed E-state index contributed by atoms with van der Waals surface area (Å²) < 4.78 is 0. The zero-order valence-corrected chi connectivity index (χ0v) is 8.88. The van der Waals surface area contributed by atoms with Crippen LogP contribution in [0.25, 0.3) is 0 Å². The Labute approximate surface area is 91.8 Å². The number of aromatic amines is 2. The first kappa shape index (κ1) is 10.7. The van der Waals surface area contributed by atoms with Crippen molar-refractivity contribution in [2.24, 2.45) is 0 Å². The summed E-state index contributed by atoms with van der Waals surface area (Å²) in [6.07, 6.45) is 6.70. The van der Waals surface area contributed by atoms with Crippen LogP contribution in [0.1, 0.15) is 25.7 Å². The number of rotatable bonds is 4. The second kappa shape index (κ2) is 4.78. The lowest BCUT2D eigenvalue weighted by molar-refractivity contribution is 0.846. The molecular formula is C10H14N4O2. The minimum atomic E-state index is -0.589. The molecule has 6 heteroatoms. The van der Waals surface area contributed by atoms with Crippen molar-refractivity contribution in [3.8, 4) is 0 Å². The van der Waals surface area contributed by atoms with Crippen LogP contribution in [0.3, 0.4) is 0 Å². The van der Waals surface area contributed by atoms with Gasteiger partial charge in [0, 0.05) is 6.54 Å². The zero-order valence-electron chi connectivity index (χ0n) is 8.88. The number of hydrogen-bond donors (Lipinski definition) is 3. The third-order valence-corrected chi connectivity index (χ3v) is 2.58. The molecule has 16 heavy (non-hydrogen) atoms. The van der Waals surface area contributed by atoms with Crippen LogP contribution >= 0.6 is 0 Å². The number of hydrogen-bond acceptors (Lipinski definition) is 4. The average Bonchev–Trinajstić information content (AvgIpc) is 2.74. The predicted molar refractivity (Wildman–Crippen MR) is 60.5 cm³/mol. The SMILES string of the molecule is O=c1[nH]nc(NCCC2=CCCC2)c(=O)[nH]1. The van der Waals surface area contributed by atoms with Crippen molar-refractivity contribution in [1.82, 2.24) is 15.2 Å². The van der Waals surface area contributed by atoms with E-state index < -0.39 is 11.2 Å². The van der Waals surface area contributed by atoms with E-state index in [0.717, 1.165) is 19.3 Å². The summed E-state index contributed by atoms with van der Waals surface area (Å²) in [7, 11) is 0. The van der Waals surface area contributed by atoms with Gasteiger partial charge in [-0.15, -0.1) is 5.10 Å². The molecule has 0 aromatic carbocycles. The Bertz CT molecular complexity index is 500. The molecule has 1 aromatic rings. The maximum Gasteiger partial charge on any atom is 0.342 e. The molecule has 0 unspecified atom stereocenters. The van der Waals surface area contributed by atoms with Crippen molar-refractivity contribution >= 4 is 5.82 Å². The third-order valence-electron chi connectivity index (χ3n) is 2.58. The van der Waals surface area contributed by atoms with Gasteiger partial charge in [0.25, 0.3) is 5.56 Å². The van der Waals surface area contributed by atoms with Crippen LogP contribution in [-0.4, -0.2) is 21.7 Å². The molecule has 1 aliphatic rings. The summed E-state index contributed by atoms with van der Waals surface area (Å²) >= 11 is 0. The van der Waals surface area contributed by atoms with Crippen molar-refractivity contribution in [2.75, 3.05) is 11.9 Å². The summed E-state index contributed by atoms with van der Waals surface area (Å²) in [6.45, 7) is 0.661. The van der Waals surface area contributed by atoms with E-state index in [1.807, 2.05) is 0 Å². The lowest BCUT2D eigenvalue weighted by Crippen LogP contribution is -2.27. The molecule has 0 saturated carbocycles. The maximum atomic E-state index is 11.3. The molecule has 1 aliphatic carbocycles. The van der Waals surface area contributed by atoms with Crippen LogP contribution in [0.4, 0.5) is 5.82 Å². The highest BCUT2D eigenvalue weighted by molar-refractivity contribution is 5.29. The van der Waals surface area contributed by atoms with Gasteiger partial charge in [-0.2, -0.15) is 0 Å². The summed E-state index contributed by atoms with van der Waals surface area (Å²) in [5.74, 6) is 0.165. The lowest BCUT2D eigenvalue weighted by Gasteiger charge is -2.04. The highest BCUT2D eigenvalue weighted by Crippen LogP contribution is 2.19. The summed E-state index contributed by atoms with van der Waals surface area (Å²) in [5, 5.41) is 8.71. The van der Waals surface area contributed by atoms with Crippen LogP contribution in [-0.2, 0) is 0 Å². The van der Waals surface area contributed by atoms with Gasteiger partial charge in [-0.1, -0.05) is 11.6 Å². The molecule has 1 heterocycles. The zero-order chi connectivity index (χ0) is 11.4. The fourth-order valence-electron chi connectivity index (χ4n) is 1.77. The molecule has 2 rings (SSSR count). The fraction of sp³-hybridized carbons (Fsp3) is 0.500. The second-order valence-electron chi connectivity index (χ2n) is 3.79. The van der Waals surface area contributed by atoms with Crippen molar-refractivity contribution < 1.29 is 0 Å². The molecular weight excluding hydrogens is 208 g/mol. The maximum absolute atomic E-state index is 11.3.